The molecule has 0 unspecified atom stereocenters. The summed E-state index contributed by atoms with van der Waals surface area (Å²) in [5, 5.41) is 12.3. The Bertz CT molecular complexity index is 582. The van der Waals surface area contributed by atoms with Crippen molar-refractivity contribution in [2.45, 2.75) is 27.3 Å². The highest BCUT2D eigenvalue weighted by atomic mass is 32.1. The van der Waals surface area contributed by atoms with Crippen LogP contribution in [0.15, 0.2) is 24.3 Å². The molecule has 3 heteroatoms. The first-order valence-corrected chi connectivity index (χ1v) is 6.72. The van der Waals surface area contributed by atoms with Crippen molar-refractivity contribution in [3.8, 4) is 6.07 Å². The normalized spacial score (nSPS) is 10.1. The lowest BCUT2D eigenvalue weighted by atomic mass is 10.1. The number of rotatable bonds is 3. The van der Waals surface area contributed by atoms with E-state index < -0.39 is 0 Å². The fourth-order valence-electron chi connectivity index (χ4n) is 2.17. The van der Waals surface area contributed by atoms with Crippen LogP contribution in [0.3, 0.4) is 0 Å². The van der Waals surface area contributed by atoms with Crippen molar-refractivity contribution in [3.63, 3.8) is 0 Å². The van der Waals surface area contributed by atoms with Crippen LogP contribution in [0.2, 0.25) is 0 Å². The molecule has 18 heavy (non-hydrogen) atoms. The Morgan fingerprint density at radius 2 is 1.83 bits per heavy atom. The maximum absolute atomic E-state index is 8.79. The van der Waals surface area contributed by atoms with E-state index in [4.69, 9.17) is 5.26 Å². The average Bonchev–Trinajstić information content (AvgIpc) is 2.75. The molecule has 1 aromatic carbocycles. The van der Waals surface area contributed by atoms with Gasteiger partial charge >= 0.3 is 0 Å². The van der Waals surface area contributed by atoms with Gasteiger partial charge in [-0.3, -0.25) is 0 Å². The minimum atomic E-state index is 0.768. The topological polar surface area (TPSA) is 35.8 Å². The van der Waals surface area contributed by atoms with Gasteiger partial charge in [-0.05, 0) is 44.0 Å². The second-order valence-corrected chi connectivity index (χ2v) is 5.67. The monoisotopic (exact) mass is 256 g/mol. The summed E-state index contributed by atoms with van der Waals surface area (Å²) < 4.78 is 0. The lowest BCUT2D eigenvalue weighted by Crippen LogP contribution is -2.02. The quantitative estimate of drug-likeness (QED) is 0.895. The molecule has 1 aromatic heterocycles. The number of hydrogen-bond donors (Lipinski definition) is 1. The molecule has 0 aliphatic carbocycles. The number of nitriles is 1. The van der Waals surface area contributed by atoms with E-state index in [9.17, 15) is 0 Å². The van der Waals surface area contributed by atoms with E-state index in [1.165, 1.54) is 27.3 Å². The minimum Gasteiger partial charge on any atom is -0.380 e. The molecule has 2 aromatic rings. The zero-order valence-electron chi connectivity index (χ0n) is 10.9. The third kappa shape index (κ3) is 2.72. The van der Waals surface area contributed by atoms with Gasteiger partial charge in [0, 0.05) is 17.1 Å². The first-order valence-electron chi connectivity index (χ1n) is 5.90. The molecular formula is C15H16N2S. The molecule has 0 atom stereocenters. The van der Waals surface area contributed by atoms with Crippen LogP contribution in [0, 0.1) is 32.1 Å². The predicted molar refractivity (Wildman–Crippen MR) is 77.0 cm³/mol. The maximum Gasteiger partial charge on any atom is 0.110 e. The molecular weight excluding hydrogens is 240 g/mol. The molecule has 0 fully saturated rings. The molecule has 0 amide bonds. The van der Waals surface area contributed by atoms with Crippen LogP contribution in [0.5, 0.6) is 0 Å². The smallest absolute Gasteiger partial charge is 0.110 e. The number of benzene rings is 1. The van der Waals surface area contributed by atoms with Gasteiger partial charge in [-0.25, -0.2) is 0 Å². The molecule has 1 N–H and O–H groups in total. The third-order valence-electron chi connectivity index (χ3n) is 2.89. The summed E-state index contributed by atoms with van der Waals surface area (Å²) in [6.45, 7) is 7.13. The van der Waals surface area contributed by atoms with Crippen molar-refractivity contribution in [1.82, 2.24) is 0 Å². The average molecular weight is 256 g/mol. The van der Waals surface area contributed by atoms with E-state index in [0.29, 0.717) is 0 Å². The summed E-state index contributed by atoms with van der Waals surface area (Å²) in [4.78, 5) is 1.95. The Morgan fingerprint density at radius 3 is 2.39 bits per heavy atom. The number of anilines is 1. The highest BCUT2D eigenvalue weighted by Crippen LogP contribution is 2.24. The third-order valence-corrected chi connectivity index (χ3v) is 3.88. The summed E-state index contributed by atoms with van der Waals surface area (Å²) in [5.74, 6) is 0. The fraction of sp³-hybridized carbons (Fsp3) is 0.267. The molecule has 0 aliphatic heterocycles. The highest BCUT2D eigenvalue weighted by Gasteiger charge is 2.04. The summed E-state index contributed by atoms with van der Waals surface area (Å²) in [7, 11) is 0. The van der Waals surface area contributed by atoms with E-state index in [0.717, 1.165) is 11.4 Å². The van der Waals surface area contributed by atoms with Gasteiger partial charge in [0.2, 0.25) is 0 Å². The van der Waals surface area contributed by atoms with Crippen LogP contribution >= 0.6 is 11.3 Å². The van der Waals surface area contributed by atoms with Gasteiger partial charge in [0.1, 0.15) is 10.9 Å². The summed E-state index contributed by atoms with van der Waals surface area (Å²) in [6, 6.07) is 10.4. The SMILES string of the molecule is Cc1cc(C)c(NCc2ccc(C#N)s2)c(C)c1. The van der Waals surface area contributed by atoms with Crippen molar-refractivity contribution >= 4 is 17.0 Å². The zero-order valence-corrected chi connectivity index (χ0v) is 11.7. The standard InChI is InChI=1S/C15H16N2S/c1-10-6-11(2)15(12(3)7-10)17-9-14-5-4-13(8-16)18-14/h4-7,17H,9H2,1-3H3. The molecule has 0 radical (unpaired) electrons. The molecule has 0 spiro atoms. The van der Waals surface area contributed by atoms with Gasteiger partial charge < -0.3 is 5.32 Å². The highest BCUT2D eigenvalue weighted by molar-refractivity contribution is 7.12. The van der Waals surface area contributed by atoms with Crippen molar-refractivity contribution in [1.29, 1.82) is 5.26 Å². The Morgan fingerprint density at radius 1 is 1.17 bits per heavy atom. The van der Waals surface area contributed by atoms with Gasteiger partial charge in [-0.1, -0.05) is 17.7 Å². The van der Waals surface area contributed by atoms with Gasteiger partial charge in [-0.15, -0.1) is 11.3 Å². The van der Waals surface area contributed by atoms with Gasteiger partial charge in [-0.2, -0.15) is 5.26 Å². The molecule has 2 nitrogen and oxygen atoms in total. The lowest BCUT2D eigenvalue weighted by Gasteiger charge is -2.13. The van der Waals surface area contributed by atoms with E-state index in [-0.39, 0.29) is 0 Å². The molecule has 0 saturated carbocycles. The Balaban J connectivity index is 2.13. The molecule has 1 heterocycles. The van der Waals surface area contributed by atoms with Crippen LogP contribution in [0.1, 0.15) is 26.4 Å². The van der Waals surface area contributed by atoms with Crippen LogP contribution in [0.25, 0.3) is 0 Å². The molecule has 92 valence electrons. The van der Waals surface area contributed by atoms with Crippen molar-refractivity contribution in [3.05, 3.63) is 50.7 Å². The number of aryl methyl sites for hydroxylation is 3. The zero-order chi connectivity index (χ0) is 13.1. The largest absolute Gasteiger partial charge is 0.380 e. The van der Waals surface area contributed by atoms with E-state index in [1.54, 1.807) is 11.3 Å². The van der Waals surface area contributed by atoms with Crippen LogP contribution in [-0.4, -0.2) is 0 Å². The lowest BCUT2D eigenvalue weighted by molar-refractivity contribution is 1.16. The molecule has 2 rings (SSSR count). The first kappa shape index (κ1) is 12.7. The fourth-order valence-corrected chi connectivity index (χ4v) is 2.91. The van der Waals surface area contributed by atoms with Crippen molar-refractivity contribution < 1.29 is 0 Å². The molecule has 0 bridgehead atoms. The summed E-state index contributed by atoms with van der Waals surface area (Å²) in [5.41, 5.74) is 5.03. The maximum atomic E-state index is 8.79. The van der Waals surface area contributed by atoms with Crippen molar-refractivity contribution in [2.75, 3.05) is 5.32 Å². The van der Waals surface area contributed by atoms with Crippen LogP contribution in [0.4, 0.5) is 5.69 Å². The summed E-state index contributed by atoms with van der Waals surface area (Å²) in [6.07, 6.45) is 0. The molecule has 0 aliphatic rings. The van der Waals surface area contributed by atoms with Crippen LogP contribution < -0.4 is 5.32 Å². The number of nitrogens with one attached hydrogen (secondary N) is 1. The minimum absolute atomic E-state index is 0.768. The number of thiophene rings is 1. The van der Waals surface area contributed by atoms with E-state index >= 15 is 0 Å². The second kappa shape index (κ2) is 5.24. The van der Waals surface area contributed by atoms with Gasteiger partial charge in [0.25, 0.3) is 0 Å². The van der Waals surface area contributed by atoms with Gasteiger partial charge in [0.05, 0.1) is 0 Å². The van der Waals surface area contributed by atoms with Crippen LogP contribution in [-0.2, 0) is 6.54 Å². The Labute approximate surface area is 112 Å². The molecule has 0 saturated heterocycles. The Kier molecular flexibility index (Phi) is 3.69. The van der Waals surface area contributed by atoms with Crippen molar-refractivity contribution in [2.24, 2.45) is 0 Å². The number of hydrogen-bond acceptors (Lipinski definition) is 3. The van der Waals surface area contributed by atoms with Gasteiger partial charge in [0.15, 0.2) is 0 Å². The van der Waals surface area contributed by atoms with E-state index in [1.807, 2.05) is 12.1 Å². The van der Waals surface area contributed by atoms with E-state index in [2.05, 4.69) is 44.3 Å². The second-order valence-electron chi connectivity index (χ2n) is 4.51. The Hall–Kier alpha value is -1.79. The first-order chi connectivity index (χ1) is 8.60. The number of nitrogens with zero attached hydrogens (tertiary/aromatic N) is 1. The summed E-state index contributed by atoms with van der Waals surface area (Å²) >= 11 is 1.54. The predicted octanol–water partition coefficient (Wildman–Crippen LogP) is 4.16.